The molecule has 1 rings (SSSR count). The van der Waals surface area contributed by atoms with Gasteiger partial charge in [-0.05, 0) is 25.8 Å². The predicted molar refractivity (Wildman–Crippen MR) is 72.5 cm³/mol. The molecule has 1 atom stereocenters. The van der Waals surface area contributed by atoms with Crippen LogP contribution in [0, 0.1) is 6.92 Å². The molecule has 0 heterocycles. The maximum atomic E-state index is 5.41. The van der Waals surface area contributed by atoms with Crippen molar-refractivity contribution in [3.63, 3.8) is 0 Å². The molecule has 1 N–H and O–H groups in total. The number of hydrogen-bond donors (Lipinski definition) is 1. The third-order valence-electron chi connectivity index (χ3n) is 2.60. The molecule has 0 aliphatic heterocycles. The van der Waals surface area contributed by atoms with Gasteiger partial charge in [-0.15, -0.1) is 0 Å². The standard InChI is InChI=1S/C13H21NOS/c1-5-16-9-12(14-3)11-8-10(2)6-7-13(11)15-4/h6-8,12,14H,5,9H2,1-4H3. The summed E-state index contributed by atoms with van der Waals surface area (Å²) in [5.74, 6) is 3.20. The van der Waals surface area contributed by atoms with Gasteiger partial charge in [0, 0.05) is 17.4 Å². The highest BCUT2D eigenvalue weighted by Gasteiger charge is 2.14. The second-order valence-electron chi connectivity index (χ2n) is 3.75. The zero-order chi connectivity index (χ0) is 12.0. The molecule has 0 spiro atoms. The Morgan fingerprint density at radius 2 is 2.19 bits per heavy atom. The second kappa shape index (κ2) is 6.81. The minimum atomic E-state index is 0.361. The van der Waals surface area contributed by atoms with E-state index in [1.807, 2.05) is 24.9 Å². The van der Waals surface area contributed by atoms with Crippen LogP contribution in [0.2, 0.25) is 0 Å². The summed E-state index contributed by atoms with van der Waals surface area (Å²) in [5, 5.41) is 3.35. The van der Waals surface area contributed by atoms with Crippen molar-refractivity contribution < 1.29 is 4.74 Å². The number of thioether (sulfide) groups is 1. The molecule has 1 aromatic rings. The van der Waals surface area contributed by atoms with E-state index in [-0.39, 0.29) is 0 Å². The lowest BCUT2D eigenvalue weighted by molar-refractivity contribution is 0.404. The maximum Gasteiger partial charge on any atom is 0.123 e. The fourth-order valence-electron chi connectivity index (χ4n) is 1.69. The van der Waals surface area contributed by atoms with Gasteiger partial charge in [-0.25, -0.2) is 0 Å². The van der Waals surface area contributed by atoms with Gasteiger partial charge in [0.2, 0.25) is 0 Å². The molecule has 0 saturated carbocycles. The molecule has 0 aromatic heterocycles. The molecule has 2 nitrogen and oxygen atoms in total. The Hall–Kier alpha value is -0.670. The lowest BCUT2D eigenvalue weighted by Crippen LogP contribution is -2.19. The third-order valence-corrected chi connectivity index (χ3v) is 3.58. The average molecular weight is 239 g/mol. The minimum absolute atomic E-state index is 0.361. The lowest BCUT2D eigenvalue weighted by atomic mass is 10.0. The first-order valence-corrected chi connectivity index (χ1v) is 6.78. The van der Waals surface area contributed by atoms with Crippen LogP contribution in [0.5, 0.6) is 5.75 Å². The van der Waals surface area contributed by atoms with E-state index < -0.39 is 0 Å². The smallest absolute Gasteiger partial charge is 0.123 e. The van der Waals surface area contributed by atoms with E-state index in [0.29, 0.717) is 6.04 Å². The van der Waals surface area contributed by atoms with Crippen molar-refractivity contribution in [1.82, 2.24) is 5.32 Å². The van der Waals surface area contributed by atoms with Gasteiger partial charge in [-0.1, -0.05) is 24.6 Å². The Bertz CT molecular complexity index is 328. The Morgan fingerprint density at radius 3 is 2.75 bits per heavy atom. The second-order valence-corrected chi connectivity index (χ2v) is 5.07. The number of benzene rings is 1. The number of nitrogens with one attached hydrogen (secondary N) is 1. The van der Waals surface area contributed by atoms with Gasteiger partial charge >= 0.3 is 0 Å². The summed E-state index contributed by atoms with van der Waals surface area (Å²) in [7, 11) is 3.73. The van der Waals surface area contributed by atoms with E-state index in [1.54, 1.807) is 7.11 Å². The van der Waals surface area contributed by atoms with Crippen molar-refractivity contribution in [3.05, 3.63) is 29.3 Å². The molecule has 16 heavy (non-hydrogen) atoms. The Balaban J connectivity index is 2.92. The summed E-state index contributed by atoms with van der Waals surface area (Å²) >= 11 is 1.94. The number of hydrogen-bond acceptors (Lipinski definition) is 3. The van der Waals surface area contributed by atoms with Gasteiger partial charge in [0.25, 0.3) is 0 Å². The number of ether oxygens (including phenoxy) is 1. The van der Waals surface area contributed by atoms with Crippen LogP contribution in [0.15, 0.2) is 18.2 Å². The summed E-state index contributed by atoms with van der Waals surface area (Å²) in [6, 6.07) is 6.70. The highest BCUT2D eigenvalue weighted by Crippen LogP contribution is 2.28. The monoisotopic (exact) mass is 239 g/mol. The van der Waals surface area contributed by atoms with Gasteiger partial charge in [-0.2, -0.15) is 11.8 Å². The SMILES string of the molecule is CCSCC(NC)c1cc(C)ccc1OC. The van der Waals surface area contributed by atoms with Crippen molar-refractivity contribution in [1.29, 1.82) is 0 Å². The molecule has 0 bridgehead atoms. The van der Waals surface area contributed by atoms with Crippen molar-refractivity contribution >= 4 is 11.8 Å². The topological polar surface area (TPSA) is 21.3 Å². The van der Waals surface area contributed by atoms with E-state index >= 15 is 0 Å². The number of aryl methyl sites for hydroxylation is 1. The van der Waals surface area contributed by atoms with Crippen LogP contribution in [0.25, 0.3) is 0 Å². The molecule has 0 aliphatic carbocycles. The first kappa shape index (κ1) is 13.4. The van der Waals surface area contributed by atoms with Crippen molar-refractivity contribution in [2.45, 2.75) is 19.9 Å². The highest BCUT2D eigenvalue weighted by atomic mass is 32.2. The van der Waals surface area contributed by atoms with Crippen LogP contribution >= 0.6 is 11.8 Å². The van der Waals surface area contributed by atoms with Gasteiger partial charge in [0.15, 0.2) is 0 Å². The summed E-state index contributed by atoms with van der Waals surface area (Å²) in [5.41, 5.74) is 2.53. The quantitative estimate of drug-likeness (QED) is 0.824. The van der Waals surface area contributed by atoms with Crippen LogP contribution < -0.4 is 10.1 Å². The summed E-state index contributed by atoms with van der Waals surface area (Å²) in [6.45, 7) is 4.30. The van der Waals surface area contributed by atoms with Gasteiger partial charge in [0.05, 0.1) is 7.11 Å². The molecule has 0 fully saturated rings. The molecular weight excluding hydrogens is 218 g/mol. The normalized spacial score (nSPS) is 12.5. The van der Waals surface area contributed by atoms with Crippen molar-refractivity contribution in [2.75, 3.05) is 25.7 Å². The van der Waals surface area contributed by atoms with Gasteiger partial charge in [0.1, 0.15) is 5.75 Å². The summed E-state index contributed by atoms with van der Waals surface area (Å²) < 4.78 is 5.41. The minimum Gasteiger partial charge on any atom is -0.496 e. The van der Waals surface area contributed by atoms with Crippen LogP contribution in [0.4, 0.5) is 0 Å². The number of methoxy groups -OCH3 is 1. The molecule has 0 radical (unpaired) electrons. The van der Waals surface area contributed by atoms with Gasteiger partial charge in [-0.3, -0.25) is 0 Å². The lowest BCUT2D eigenvalue weighted by Gasteiger charge is -2.19. The van der Waals surface area contributed by atoms with E-state index in [4.69, 9.17) is 4.74 Å². The zero-order valence-electron chi connectivity index (χ0n) is 10.5. The Morgan fingerprint density at radius 1 is 1.44 bits per heavy atom. The molecule has 0 aliphatic rings. The molecule has 0 amide bonds. The summed E-state index contributed by atoms with van der Waals surface area (Å²) in [6.07, 6.45) is 0. The molecule has 0 saturated heterocycles. The third kappa shape index (κ3) is 3.42. The summed E-state index contributed by atoms with van der Waals surface area (Å²) in [4.78, 5) is 0. The van der Waals surface area contributed by atoms with Crippen LogP contribution in [-0.4, -0.2) is 25.7 Å². The number of rotatable bonds is 6. The fraction of sp³-hybridized carbons (Fsp3) is 0.538. The van der Waals surface area contributed by atoms with E-state index in [9.17, 15) is 0 Å². The van der Waals surface area contributed by atoms with Crippen molar-refractivity contribution in [3.8, 4) is 5.75 Å². The molecule has 1 aromatic carbocycles. The maximum absolute atomic E-state index is 5.41. The molecule has 1 unspecified atom stereocenters. The van der Waals surface area contributed by atoms with E-state index in [0.717, 1.165) is 17.3 Å². The zero-order valence-corrected chi connectivity index (χ0v) is 11.4. The molecular formula is C13H21NOS. The van der Waals surface area contributed by atoms with Crippen molar-refractivity contribution in [2.24, 2.45) is 0 Å². The van der Waals surface area contributed by atoms with E-state index in [1.165, 1.54) is 11.1 Å². The first-order chi connectivity index (χ1) is 7.72. The van der Waals surface area contributed by atoms with E-state index in [2.05, 4.69) is 31.3 Å². The molecule has 90 valence electrons. The Labute approximate surface area is 103 Å². The fourth-order valence-corrected chi connectivity index (χ4v) is 2.51. The largest absolute Gasteiger partial charge is 0.496 e. The Kier molecular flexibility index (Phi) is 5.71. The predicted octanol–water partition coefficient (Wildman–Crippen LogP) is 3.02. The van der Waals surface area contributed by atoms with Gasteiger partial charge < -0.3 is 10.1 Å². The molecule has 3 heteroatoms. The average Bonchev–Trinajstić information content (AvgIpc) is 2.30. The highest BCUT2D eigenvalue weighted by molar-refractivity contribution is 7.99. The van der Waals surface area contributed by atoms with Crippen LogP contribution in [0.1, 0.15) is 24.1 Å². The first-order valence-electron chi connectivity index (χ1n) is 5.62. The van der Waals surface area contributed by atoms with Crippen LogP contribution in [0.3, 0.4) is 0 Å². The van der Waals surface area contributed by atoms with Crippen LogP contribution in [-0.2, 0) is 0 Å².